The van der Waals surface area contributed by atoms with Gasteiger partial charge in [0, 0.05) is 17.0 Å². The molecule has 0 unspecified atom stereocenters. The van der Waals surface area contributed by atoms with E-state index in [0.29, 0.717) is 27.3 Å². The van der Waals surface area contributed by atoms with Gasteiger partial charge < -0.3 is 9.15 Å². The summed E-state index contributed by atoms with van der Waals surface area (Å²) in [4.78, 5) is 13.3. The summed E-state index contributed by atoms with van der Waals surface area (Å²) in [5.41, 5.74) is 2.00. The van der Waals surface area contributed by atoms with E-state index in [1.54, 1.807) is 12.1 Å². The summed E-state index contributed by atoms with van der Waals surface area (Å²) >= 11 is 6.01. The summed E-state index contributed by atoms with van der Waals surface area (Å²) in [6.45, 7) is 4.06. The molecule has 27 heavy (non-hydrogen) atoms. The monoisotopic (exact) mass is 382 g/mol. The number of halogens is 1. The molecule has 0 atom stereocenters. The van der Waals surface area contributed by atoms with Crippen LogP contribution in [0, 0.1) is 0 Å². The predicted octanol–water partition coefficient (Wildman–Crippen LogP) is 6.56. The molecule has 1 heterocycles. The molecule has 0 bridgehead atoms. The van der Waals surface area contributed by atoms with Crippen molar-refractivity contribution in [3.63, 3.8) is 0 Å². The van der Waals surface area contributed by atoms with Crippen molar-refractivity contribution in [3.05, 3.63) is 63.5 Å². The van der Waals surface area contributed by atoms with E-state index in [4.69, 9.17) is 20.8 Å². The van der Waals surface area contributed by atoms with Gasteiger partial charge in [-0.15, -0.1) is 0 Å². The molecule has 140 valence electrons. The molecular weight excluding hydrogens is 360 g/mol. The average molecular weight is 383 g/mol. The SMILES string of the molecule is CC(C)c1oc2cc(OC3CCCC3)ccc2c(=O)c1-c1ccc(Cl)cc1. The van der Waals surface area contributed by atoms with E-state index >= 15 is 0 Å². The first-order valence-corrected chi connectivity index (χ1v) is 9.94. The smallest absolute Gasteiger partial charge is 0.200 e. The van der Waals surface area contributed by atoms with Crippen LogP contribution >= 0.6 is 11.6 Å². The maximum absolute atomic E-state index is 13.3. The standard InChI is InChI=1S/C23H23ClO3/c1-14(2)23-21(15-7-9-16(24)10-8-15)22(25)19-12-11-18(13-20(19)27-23)26-17-5-3-4-6-17/h7-14,17H,3-6H2,1-2H3. The van der Waals surface area contributed by atoms with Gasteiger partial charge in [0.15, 0.2) is 0 Å². The number of ether oxygens (including phenoxy) is 1. The molecule has 1 fully saturated rings. The normalized spacial score (nSPS) is 15.0. The number of rotatable bonds is 4. The Morgan fingerprint density at radius 2 is 1.78 bits per heavy atom. The third kappa shape index (κ3) is 3.61. The fraction of sp³-hybridized carbons (Fsp3) is 0.348. The zero-order valence-electron chi connectivity index (χ0n) is 15.6. The quantitative estimate of drug-likeness (QED) is 0.513. The summed E-state index contributed by atoms with van der Waals surface area (Å²) in [5, 5.41) is 1.21. The Hall–Kier alpha value is -2.26. The van der Waals surface area contributed by atoms with Crippen molar-refractivity contribution in [1.82, 2.24) is 0 Å². The van der Waals surface area contributed by atoms with Gasteiger partial charge in [0.2, 0.25) is 5.43 Å². The molecule has 1 aliphatic carbocycles. The van der Waals surface area contributed by atoms with Gasteiger partial charge in [-0.2, -0.15) is 0 Å². The lowest BCUT2D eigenvalue weighted by Gasteiger charge is -2.15. The highest BCUT2D eigenvalue weighted by atomic mass is 35.5. The van der Waals surface area contributed by atoms with Crippen LogP contribution in [-0.4, -0.2) is 6.10 Å². The van der Waals surface area contributed by atoms with E-state index in [1.165, 1.54) is 12.8 Å². The molecule has 4 heteroatoms. The van der Waals surface area contributed by atoms with Gasteiger partial charge in [0.1, 0.15) is 17.1 Å². The number of hydrogen-bond acceptors (Lipinski definition) is 3. The Balaban J connectivity index is 1.84. The van der Waals surface area contributed by atoms with Gasteiger partial charge >= 0.3 is 0 Å². The van der Waals surface area contributed by atoms with Crippen LogP contribution in [0.2, 0.25) is 5.02 Å². The Labute approximate surface area is 163 Å². The van der Waals surface area contributed by atoms with Crippen LogP contribution in [0.5, 0.6) is 5.75 Å². The van der Waals surface area contributed by atoms with Crippen molar-refractivity contribution in [3.8, 4) is 16.9 Å². The minimum absolute atomic E-state index is 0.0188. The first-order valence-electron chi connectivity index (χ1n) is 9.56. The second-order valence-electron chi connectivity index (χ2n) is 7.51. The number of fused-ring (bicyclic) bond motifs is 1. The molecule has 1 aromatic heterocycles. The fourth-order valence-corrected chi connectivity index (χ4v) is 3.89. The summed E-state index contributed by atoms with van der Waals surface area (Å²) < 4.78 is 12.3. The Bertz CT molecular complexity index is 1010. The topological polar surface area (TPSA) is 39.4 Å². The molecular formula is C23H23ClO3. The summed E-state index contributed by atoms with van der Waals surface area (Å²) in [5.74, 6) is 1.53. The van der Waals surface area contributed by atoms with Crippen molar-refractivity contribution >= 4 is 22.6 Å². The van der Waals surface area contributed by atoms with Gasteiger partial charge in [-0.3, -0.25) is 4.79 Å². The summed E-state index contributed by atoms with van der Waals surface area (Å²) in [6.07, 6.45) is 4.89. The van der Waals surface area contributed by atoms with Gasteiger partial charge in [0.25, 0.3) is 0 Å². The van der Waals surface area contributed by atoms with E-state index in [9.17, 15) is 4.79 Å². The van der Waals surface area contributed by atoms with Crippen LogP contribution < -0.4 is 10.2 Å². The molecule has 3 aromatic rings. The van der Waals surface area contributed by atoms with Crippen LogP contribution in [0.25, 0.3) is 22.1 Å². The van der Waals surface area contributed by atoms with Crippen LogP contribution in [0.3, 0.4) is 0 Å². The molecule has 0 amide bonds. The first kappa shape index (κ1) is 18.1. The van der Waals surface area contributed by atoms with E-state index in [1.807, 2.05) is 44.2 Å². The first-order chi connectivity index (χ1) is 13.0. The molecule has 0 N–H and O–H groups in total. The number of benzene rings is 2. The third-order valence-electron chi connectivity index (χ3n) is 5.15. The van der Waals surface area contributed by atoms with E-state index in [0.717, 1.165) is 24.2 Å². The molecule has 0 aliphatic heterocycles. The van der Waals surface area contributed by atoms with Gasteiger partial charge in [-0.05, 0) is 55.5 Å². The molecule has 1 aliphatic rings. The second-order valence-corrected chi connectivity index (χ2v) is 7.95. The van der Waals surface area contributed by atoms with Gasteiger partial charge in [-0.1, -0.05) is 37.6 Å². The largest absolute Gasteiger partial charge is 0.490 e. The average Bonchev–Trinajstić information content (AvgIpc) is 3.15. The molecule has 4 rings (SSSR count). The molecule has 0 saturated heterocycles. The van der Waals surface area contributed by atoms with E-state index in [2.05, 4.69) is 0 Å². The Kier molecular flexibility index (Phi) is 4.96. The fourth-order valence-electron chi connectivity index (χ4n) is 3.76. The van der Waals surface area contributed by atoms with Crippen molar-refractivity contribution in [2.45, 2.75) is 51.6 Å². The van der Waals surface area contributed by atoms with E-state index in [-0.39, 0.29) is 17.5 Å². The van der Waals surface area contributed by atoms with Crippen LogP contribution in [0.4, 0.5) is 0 Å². The lowest BCUT2D eigenvalue weighted by Crippen LogP contribution is -2.12. The van der Waals surface area contributed by atoms with Gasteiger partial charge in [0.05, 0.1) is 17.1 Å². The summed E-state index contributed by atoms with van der Waals surface area (Å²) in [7, 11) is 0. The summed E-state index contributed by atoms with van der Waals surface area (Å²) in [6, 6.07) is 12.9. The highest BCUT2D eigenvalue weighted by Crippen LogP contribution is 2.32. The number of hydrogen-bond donors (Lipinski definition) is 0. The highest BCUT2D eigenvalue weighted by Gasteiger charge is 2.20. The molecule has 0 spiro atoms. The minimum atomic E-state index is -0.0188. The van der Waals surface area contributed by atoms with Crippen LogP contribution in [0.1, 0.15) is 51.2 Å². The lowest BCUT2D eigenvalue weighted by atomic mass is 9.97. The second kappa shape index (κ2) is 7.40. The Morgan fingerprint density at radius 3 is 2.44 bits per heavy atom. The zero-order chi connectivity index (χ0) is 19.0. The van der Waals surface area contributed by atoms with Crippen molar-refractivity contribution in [2.24, 2.45) is 0 Å². The van der Waals surface area contributed by atoms with Crippen LogP contribution in [0.15, 0.2) is 51.7 Å². The Morgan fingerprint density at radius 1 is 1.07 bits per heavy atom. The maximum Gasteiger partial charge on any atom is 0.200 e. The van der Waals surface area contributed by atoms with Crippen molar-refractivity contribution in [2.75, 3.05) is 0 Å². The highest BCUT2D eigenvalue weighted by molar-refractivity contribution is 6.30. The molecule has 2 aromatic carbocycles. The van der Waals surface area contributed by atoms with Crippen LogP contribution in [-0.2, 0) is 0 Å². The third-order valence-corrected chi connectivity index (χ3v) is 5.41. The minimum Gasteiger partial charge on any atom is -0.490 e. The van der Waals surface area contributed by atoms with Crippen molar-refractivity contribution in [1.29, 1.82) is 0 Å². The zero-order valence-corrected chi connectivity index (χ0v) is 16.4. The van der Waals surface area contributed by atoms with E-state index < -0.39 is 0 Å². The molecule has 0 radical (unpaired) electrons. The van der Waals surface area contributed by atoms with Crippen molar-refractivity contribution < 1.29 is 9.15 Å². The maximum atomic E-state index is 13.3. The molecule has 1 saturated carbocycles. The lowest BCUT2D eigenvalue weighted by molar-refractivity contribution is 0.210. The predicted molar refractivity (Wildman–Crippen MR) is 110 cm³/mol. The van der Waals surface area contributed by atoms with Gasteiger partial charge in [-0.25, -0.2) is 0 Å². The molecule has 3 nitrogen and oxygen atoms in total.